The number of nitrogens with one attached hydrogen (secondary N) is 1. The van der Waals surface area contributed by atoms with E-state index in [1.54, 1.807) is 6.92 Å². The van der Waals surface area contributed by atoms with Crippen molar-refractivity contribution in [2.75, 3.05) is 6.54 Å². The summed E-state index contributed by atoms with van der Waals surface area (Å²) in [7, 11) is 0. The molecule has 0 bridgehead atoms. The molecule has 1 heterocycles. The molecule has 0 aromatic rings. The van der Waals surface area contributed by atoms with E-state index < -0.39 is 0 Å². The van der Waals surface area contributed by atoms with Gasteiger partial charge in [0.1, 0.15) is 6.04 Å². The summed E-state index contributed by atoms with van der Waals surface area (Å²) in [5.74, 6) is 1.28. The van der Waals surface area contributed by atoms with E-state index in [0.29, 0.717) is 30.8 Å². The van der Waals surface area contributed by atoms with Gasteiger partial charge < -0.3 is 10.2 Å². The fourth-order valence-corrected chi connectivity index (χ4v) is 3.28. The van der Waals surface area contributed by atoms with Crippen LogP contribution in [-0.4, -0.2) is 35.3 Å². The van der Waals surface area contributed by atoms with E-state index in [1.807, 2.05) is 4.90 Å². The summed E-state index contributed by atoms with van der Waals surface area (Å²) in [4.78, 5) is 25.8. The lowest BCUT2D eigenvalue weighted by Crippen LogP contribution is -2.51. The van der Waals surface area contributed by atoms with Gasteiger partial charge in [0.15, 0.2) is 0 Å². The molecule has 1 saturated carbocycles. The van der Waals surface area contributed by atoms with Gasteiger partial charge in [-0.05, 0) is 25.2 Å². The van der Waals surface area contributed by atoms with Crippen LogP contribution in [0, 0.1) is 11.8 Å². The molecule has 0 radical (unpaired) electrons. The molecule has 0 aromatic carbocycles. The Hall–Kier alpha value is -1.06. The first-order valence-electron chi connectivity index (χ1n) is 7.10. The van der Waals surface area contributed by atoms with Crippen molar-refractivity contribution in [3.05, 3.63) is 0 Å². The second kappa shape index (κ2) is 5.29. The quantitative estimate of drug-likeness (QED) is 0.769. The zero-order valence-electron chi connectivity index (χ0n) is 11.6. The average Bonchev–Trinajstić information content (AvgIpc) is 2.44. The molecule has 0 aromatic heterocycles. The third-order valence-electron chi connectivity index (χ3n) is 4.67. The van der Waals surface area contributed by atoms with Gasteiger partial charge in [0.25, 0.3) is 0 Å². The molecular formula is C14H24N2O2. The van der Waals surface area contributed by atoms with E-state index in [-0.39, 0.29) is 17.9 Å². The lowest BCUT2D eigenvalue weighted by Gasteiger charge is -2.41. The Labute approximate surface area is 109 Å². The molecule has 4 heteroatoms. The van der Waals surface area contributed by atoms with E-state index in [9.17, 15) is 9.59 Å². The second-order valence-electron chi connectivity index (χ2n) is 5.91. The van der Waals surface area contributed by atoms with Gasteiger partial charge in [-0.2, -0.15) is 0 Å². The van der Waals surface area contributed by atoms with E-state index in [0.717, 1.165) is 6.42 Å². The number of hydrogen-bond acceptors (Lipinski definition) is 2. The van der Waals surface area contributed by atoms with Crippen LogP contribution in [0.5, 0.6) is 0 Å². The van der Waals surface area contributed by atoms with Crippen molar-refractivity contribution in [2.45, 2.75) is 58.5 Å². The summed E-state index contributed by atoms with van der Waals surface area (Å²) in [5, 5.41) is 2.76. The number of carbonyl (C=O) groups excluding carboxylic acids is 2. The molecule has 102 valence electrons. The SMILES string of the molecule is CC1NC(=O)CCN(C2CCCC(C)C2C)C1=O. The van der Waals surface area contributed by atoms with Gasteiger partial charge in [-0.1, -0.05) is 26.7 Å². The highest BCUT2D eigenvalue weighted by atomic mass is 16.2. The number of rotatable bonds is 1. The molecule has 2 amide bonds. The smallest absolute Gasteiger partial charge is 0.245 e. The molecule has 2 aliphatic rings. The monoisotopic (exact) mass is 252 g/mol. The van der Waals surface area contributed by atoms with Gasteiger partial charge in [-0.25, -0.2) is 0 Å². The molecule has 1 aliphatic carbocycles. The summed E-state index contributed by atoms with van der Waals surface area (Å²) in [6, 6.07) is -0.0548. The Balaban J connectivity index is 2.14. The summed E-state index contributed by atoms with van der Waals surface area (Å²) in [5.41, 5.74) is 0. The maximum absolute atomic E-state index is 12.4. The molecule has 2 fully saturated rings. The highest BCUT2D eigenvalue weighted by Crippen LogP contribution is 2.33. The minimum Gasteiger partial charge on any atom is -0.345 e. The number of hydrogen-bond donors (Lipinski definition) is 1. The van der Waals surface area contributed by atoms with Crippen LogP contribution < -0.4 is 5.32 Å². The maximum atomic E-state index is 12.4. The Morgan fingerprint density at radius 2 is 1.89 bits per heavy atom. The minimum atomic E-state index is -0.371. The molecule has 2 rings (SSSR count). The van der Waals surface area contributed by atoms with E-state index >= 15 is 0 Å². The maximum Gasteiger partial charge on any atom is 0.245 e. The Morgan fingerprint density at radius 1 is 1.17 bits per heavy atom. The average molecular weight is 252 g/mol. The third-order valence-corrected chi connectivity index (χ3v) is 4.67. The largest absolute Gasteiger partial charge is 0.345 e. The fraction of sp³-hybridized carbons (Fsp3) is 0.857. The molecule has 0 spiro atoms. The van der Waals surface area contributed by atoms with Gasteiger partial charge in [-0.3, -0.25) is 9.59 Å². The minimum absolute atomic E-state index is 0.00476. The molecule has 1 saturated heterocycles. The Morgan fingerprint density at radius 3 is 2.61 bits per heavy atom. The van der Waals surface area contributed by atoms with E-state index in [2.05, 4.69) is 19.2 Å². The number of amides is 2. The topological polar surface area (TPSA) is 49.4 Å². The lowest BCUT2D eigenvalue weighted by molar-refractivity contribution is -0.137. The fourth-order valence-electron chi connectivity index (χ4n) is 3.28. The van der Waals surface area contributed by atoms with E-state index in [1.165, 1.54) is 12.8 Å². The van der Waals surface area contributed by atoms with Crippen LogP contribution in [0.4, 0.5) is 0 Å². The van der Waals surface area contributed by atoms with Crippen molar-refractivity contribution in [1.82, 2.24) is 10.2 Å². The van der Waals surface area contributed by atoms with Crippen molar-refractivity contribution in [1.29, 1.82) is 0 Å². The predicted octanol–water partition coefficient (Wildman–Crippen LogP) is 1.55. The predicted molar refractivity (Wildman–Crippen MR) is 69.9 cm³/mol. The van der Waals surface area contributed by atoms with Gasteiger partial charge in [-0.15, -0.1) is 0 Å². The first-order chi connectivity index (χ1) is 8.50. The molecular weight excluding hydrogens is 228 g/mol. The van der Waals surface area contributed by atoms with Crippen LogP contribution in [0.2, 0.25) is 0 Å². The molecule has 18 heavy (non-hydrogen) atoms. The Kier molecular flexibility index (Phi) is 3.93. The van der Waals surface area contributed by atoms with Crippen LogP contribution in [0.1, 0.15) is 46.5 Å². The van der Waals surface area contributed by atoms with Gasteiger partial charge in [0.05, 0.1) is 0 Å². The zero-order chi connectivity index (χ0) is 13.3. The van der Waals surface area contributed by atoms with Crippen molar-refractivity contribution in [3.8, 4) is 0 Å². The van der Waals surface area contributed by atoms with Crippen LogP contribution in [-0.2, 0) is 9.59 Å². The van der Waals surface area contributed by atoms with Crippen molar-refractivity contribution >= 4 is 11.8 Å². The van der Waals surface area contributed by atoms with Crippen molar-refractivity contribution < 1.29 is 9.59 Å². The molecule has 4 unspecified atom stereocenters. The molecule has 4 nitrogen and oxygen atoms in total. The highest BCUT2D eigenvalue weighted by molar-refractivity contribution is 5.89. The number of carbonyl (C=O) groups is 2. The lowest BCUT2D eigenvalue weighted by atomic mass is 9.77. The summed E-state index contributed by atoms with van der Waals surface area (Å²) in [6.45, 7) is 6.88. The number of nitrogens with zero attached hydrogens (tertiary/aromatic N) is 1. The van der Waals surface area contributed by atoms with Crippen LogP contribution >= 0.6 is 0 Å². The van der Waals surface area contributed by atoms with Gasteiger partial charge in [0.2, 0.25) is 11.8 Å². The van der Waals surface area contributed by atoms with Gasteiger partial charge >= 0.3 is 0 Å². The highest BCUT2D eigenvalue weighted by Gasteiger charge is 2.37. The normalized spacial score (nSPS) is 38.3. The third kappa shape index (κ3) is 2.52. The van der Waals surface area contributed by atoms with Crippen LogP contribution in [0.25, 0.3) is 0 Å². The van der Waals surface area contributed by atoms with Gasteiger partial charge in [0, 0.05) is 19.0 Å². The standard InChI is InChI=1S/C14H24N2O2/c1-9-5-4-6-12(10(9)2)16-8-7-13(17)15-11(3)14(16)18/h9-12H,4-8H2,1-3H3,(H,15,17). The molecule has 1 aliphatic heterocycles. The van der Waals surface area contributed by atoms with Crippen molar-refractivity contribution in [3.63, 3.8) is 0 Å². The Bertz CT molecular complexity index is 343. The van der Waals surface area contributed by atoms with Crippen LogP contribution in [0.3, 0.4) is 0 Å². The first-order valence-corrected chi connectivity index (χ1v) is 7.10. The summed E-state index contributed by atoms with van der Waals surface area (Å²) in [6.07, 6.45) is 3.97. The van der Waals surface area contributed by atoms with Crippen LogP contribution in [0.15, 0.2) is 0 Å². The van der Waals surface area contributed by atoms with Crippen molar-refractivity contribution in [2.24, 2.45) is 11.8 Å². The van der Waals surface area contributed by atoms with E-state index in [4.69, 9.17) is 0 Å². The first kappa shape index (κ1) is 13.4. The zero-order valence-corrected chi connectivity index (χ0v) is 11.6. The summed E-state index contributed by atoms with van der Waals surface area (Å²) < 4.78 is 0. The second-order valence-corrected chi connectivity index (χ2v) is 5.91. The molecule has 1 N–H and O–H groups in total. The molecule has 4 atom stereocenters. The summed E-state index contributed by atoms with van der Waals surface area (Å²) >= 11 is 0.